The van der Waals surface area contributed by atoms with Gasteiger partial charge in [0.25, 0.3) is 0 Å². The Kier molecular flexibility index (Phi) is 3.32. The van der Waals surface area contributed by atoms with Crippen molar-refractivity contribution in [3.05, 3.63) is 66.2 Å². The number of hydrogen-bond donors (Lipinski definition) is 1. The summed E-state index contributed by atoms with van der Waals surface area (Å²) in [6.45, 7) is 0. The molecule has 0 unspecified atom stereocenters. The number of nitrogens with two attached hydrogens (primary N) is 1. The summed E-state index contributed by atoms with van der Waals surface area (Å²) in [5, 5.41) is 1.88. The third-order valence-corrected chi connectivity index (χ3v) is 3.58. The average molecular weight is 277 g/mol. The average Bonchev–Trinajstić information content (AvgIpc) is 2.55. The Hall–Kier alpha value is -2.81. The minimum atomic E-state index is -0.421. The van der Waals surface area contributed by atoms with Crippen LogP contribution in [-0.2, 0) is 4.74 Å². The van der Waals surface area contributed by atoms with Crippen LogP contribution >= 0.6 is 0 Å². The second kappa shape index (κ2) is 5.29. The molecule has 0 amide bonds. The topological polar surface area (TPSA) is 52.3 Å². The van der Waals surface area contributed by atoms with Crippen molar-refractivity contribution in [2.75, 3.05) is 12.8 Å². The molecule has 3 aromatic carbocycles. The zero-order valence-electron chi connectivity index (χ0n) is 11.7. The highest BCUT2D eigenvalue weighted by Gasteiger charge is 2.16. The highest BCUT2D eigenvalue weighted by molar-refractivity contribution is 6.11. The molecule has 0 fully saturated rings. The number of fused-ring (bicyclic) bond motifs is 1. The zero-order chi connectivity index (χ0) is 14.8. The van der Waals surface area contributed by atoms with Crippen molar-refractivity contribution in [3.63, 3.8) is 0 Å². The first kappa shape index (κ1) is 13.2. The standard InChI is InChI=1S/C18H15NO2/c1-21-18(20)16-11-15(12-7-3-2-4-8-12)13-9-5-6-10-14(13)17(16)19/h2-11H,19H2,1H3. The molecule has 0 atom stereocenters. The van der Waals surface area contributed by atoms with Gasteiger partial charge in [0.15, 0.2) is 0 Å². The molecule has 2 N–H and O–H groups in total. The maximum atomic E-state index is 12.0. The molecule has 21 heavy (non-hydrogen) atoms. The minimum Gasteiger partial charge on any atom is -0.465 e. The van der Waals surface area contributed by atoms with Gasteiger partial charge in [-0.15, -0.1) is 0 Å². The monoisotopic (exact) mass is 277 g/mol. The number of esters is 1. The second-order valence-electron chi connectivity index (χ2n) is 4.79. The number of carbonyl (C=O) groups excluding carboxylic acids is 1. The zero-order valence-corrected chi connectivity index (χ0v) is 11.7. The van der Waals surface area contributed by atoms with Gasteiger partial charge in [0.2, 0.25) is 0 Å². The fourth-order valence-electron chi connectivity index (χ4n) is 2.53. The van der Waals surface area contributed by atoms with E-state index in [4.69, 9.17) is 10.5 Å². The summed E-state index contributed by atoms with van der Waals surface area (Å²) < 4.78 is 4.84. The Morgan fingerprint density at radius 2 is 1.57 bits per heavy atom. The molecule has 3 heteroatoms. The van der Waals surface area contributed by atoms with Crippen molar-refractivity contribution in [1.82, 2.24) is 0 Å². The van der Waals surface area contributed by atoms with E-state index in [1.54, 1.807) is 6.07 Å². The van der Waals surface area contributed by atoms with E-state index in [2.05, 4.69) is 0 Å². The molecule has 0 saturated heterocycles. The first-order chi connectivity index (χ1) is 10.2. The van der Waals surface area contributed by atoms with Gasteiger partial charge in [-0.05, 0) is 22.6 Å². The SMILES string of the molecule is COC(=O)c1cc(-c2ccccc2)c2ccccc2c1N. The molecule has 0 aromatic heterocycles. The Balaban J connectivity index is 2.38. The summed E-state index contributed by atoms with van der Waals surface area (Å²) in [7, 11) is 1.36. The Morgan fingerprint density at radius 1 is 0.952 bits per heavy atom. The van der Waals surface area contributed by atoms with Gasteiger partial charge in [-0.2, -0.15) is 0 Å². The van der Waals surface area contributed by atoms with Gasteiger partial charge in [-0.25, -0.2) is 4.79 Å². The van der Waals surface area contributed by atoms with Crippen LogP contribution in [0.5, 0.6) is 0 Å². The first-order valence-corrected chi connectivity index (χ1v) is 6.67. The molecule has 3 aromatic rings. The summed E-state index contributed by atoms with van der Waals surface area (Å²) in [5.41, 5.74) is 9.01. The minimum absolute atomic E-state index is 0.398. The highest BCUT2D eigenvalue weighted by Crippen LogP contribution is 2.34. The van der Waals surface area contributed by atoms with Crippen LogP contribution in [-0.4, -0.2) is 13.1 Å². The molecular formula is C18H15NO2. The number of ether oxygens (including phenoxy) is 1. The number of methoxy groups -OCH3 is 1. The van der Waals surface area contributed by atoms with Crippen LogP contribution in [0.25, 0.3) is 21.9 Å². The molecule has 0 heterocycles. The second-order valence-corrected chi connectivity index (χ2v) is 4.79. The molecular weight excluding hydrogens is 262 g/mol. The number of nitrogen functional groups attached to an aromatic ring is 1. The lowest BCUT2D eigenvalue weighted by molar-refractivity contribution is 0.0602. The summed E-state index contributed by atoms with van der Waals surface area (Å²) in [6, 6.07) is 19.5. The summed E-state index contributed by atoms with van der Waals surface area (Å²) in [6.07, 6.45) is 0. The third kappa shape index (κ3) is 2.23. The van der Waals surface area contributed by atoms with Crippen LogP contribution in [0, 0.1) is 0 Å². The molecule has 0 aliphatic rings. The molecule has 0 radical (unpaired) electrons. The Labute approximate surface area is 123 Å². The fourth-order valence-corrected chi connectivity index (χ4v) is 2.53. The van der Waals surface area contributed by atoms with E-state index < -0.39 is 5.97 Å². The van der Waals surface area contributed by atoms with Crippen LogP contribution in [0.15, 0.2) is 60.7 Å². The summed E-state index contributed by atoms with van der Waals surface area (Å²) in [5.74, 6) is -0.421. The van der Waals surface area contributed by atoms with Crippen LogP contribution in [0.4, 0.5) is 5.69 Å². The predicted octanol–water partition coefficient (Wildman–Crippen LogP) is 3.88. The Bertz CT molecular complexity index is 810. The van der Waals surface area contributed by atoms with Crippen LogP contribution in [0.3, 0.4) is 0 Å². The molecule has 0 spiro atoms. The summed E-state index contributed by atoms with van der Waals surface area (Å²) >= 11 is 0. The van der Waals surface area contributed by atoms with Gasteiger partial charge in [-0.3, -0.25) is 0 Å². The molecule has 0 aliphatic heterocycles. The van der Waals surface area contributed by atoms with Gasteiger partial charge in [0.05, 0.1) is 18.4 Å². The number of rotatable bonds is 2. The third-order valence-electron chi connectivity index (χ3n) is 3.58. The Morgan fingerprint density at radius 3 is 2.24 bits per heavy atom. The highest BCUT2D eigenvalue weighted by atomic mass is 16.5. The van der Waals surface area contributed by atoms with E-state index in [9.17, 15) is 4.79 Å². The van der Waals surface area contributed by atoms with Crippen molar-refractivity contribution >= 4 is 22.4 Å². The maximum absolute atomic E-state index is 12.0. The number of hydrogen-bond acceptors (Lipinski definition) is 3. The van der Waals surface area contributed by atoms with Crippen molar-refractivity contribution in [1.29, 1.82) is 0 Å². The van der Waals surface area contributed by atoms with Gasteiger partial charge in [0.1, 0.15) is 0 Å². The largest absolute Gasteiger partial charge is 0.465 e. The van der Waals surface area contributed by atoms with E-state index in [0.717, 1.165) is 21.9 Å². The fraction of sp³-hybridized carbons (Fsp3) is 0.0556. The first-order valence-electron chi connectivity index (χ1n) is 6.67. The lowest BCUT2D eigenvalue weighted by Gasteiger charge is -2.13. The van der Waals surface area contributed by atoms with E-state index in [1.165, 1.54) is 7.11 Å². The lowest BCUT2D eigenvalue weighted by Crippen LogP contribution is -2.06. The smallest absolute Gasteiger partial charge is 0.339 e. The van der Waals surface area contributed by atoms with Gasteiger partial charge in [0, 0.05) is 5.39 Å². The number of carbonyl (C=O) groups is 1. The summed E-state index contributed by atoms with van der Waals surface area (Å²) in [4.78, 5) is 12.0. The molecule has 3 nitrogen and oxygen atoms in total. The van der Waals surface area contributed by atoms with E-state index in [-0.39, 0.29) is 0 Å². The molecule has 104 valence electrons. The molecule has 0 aliphatic carbocycles. The quantitative estimate of drug-likeness (QED) is 0.571. The van der Waals surface area contributed by atoms with E-state index in [1.807, 2.05) is 54.6 Å². The van der Waals surface area contributed by atoms with Crippen molar-refractivity contribution in [3.8, 4) is 11.1 Å². The van der Waals surface area contributed by atoms with E-state index in [0.29, 0.717) is 11.3 Å². The van der Waals surface area contributed by atoms with Crippen molar-refractivity contribution in [2.24, 2.45) is 0 Å². The van der Waals surface area contributed by atoms with Crippen LogP contribution in [0.2, 0.25) is 0 Å². The van der Waals surface area contributed by atoms with Crippen LogP contribution < -0.4 is 5.73 Å². The molecule has 0 bridgehead atoms. The van der Waals surface area contributed by atoms with Gasteiger partial charge < -0.3 is 10.5 Å². The molecule has 0 saturated carbocycles. The van der Waals surface area contributed by atoms with Crippen molar-refractivity contribution < 1.29 is 9.53 Å². The number of benzene rings is 3. The lowest BCUT2D eigenvalue weighted by atomic mass is 9.94. The maximum Gasteiger partial charge on any atom is 0.339 e. The molecule has 3 rings (SSSR count). The number of anilines is 1. The van der Waals surface area contributed by atoms with Gasteiger partial charge in [-0.1, -0.05) is 54.6 Å². The normalized spacial score (nSPS) is 10.5. The predicted molar refractivity (Wildman–Crippen MR) is 85.1 cm³/mol. The van der Waals surface area contributed by atoms with Gasteiger partial charge >= 0.3 is 5.97 Å². The van der Waals surface area contributed by atoms with E-state index >= 15 is 0 Å². The van der Waals surface area contributed by atoms with Crippen molar-refractivity contribution in [2.45, 2.75) is 0 Å². The van der Waals surface area contributed by atoms with Crippen LogP contribution in [0.1, 0.15) is 10.4 Å².